The van der Waals surface area contributed by atoms with Gasteiger partial charge in [0.25, 0.3) is 5.91 Å². The summed E-state index contributed by atoms with van der Waals surface area (Å²) in [7, 11) is 0. The number of aromatic hydroxyl groups is 1. The Kier molecular flexibility index (Phi) is 5.38. The molecule has 0 saturated heterocycles. The number of carbonyl (C=O) groups is 1. The van der Waals surface area contributed by atoms with Crippen LogP contribution in [0.1, 0.15) is 27.0 Å². The zero-order valence-corrected chi connectivity index (χ0v) is 14.8. The number of rotatable bonds is 5. The van der Waals surface area contributed by atoms with Gasteiger partial charge in [-0.2, -0.15) is 5.26 Å². The van der Waals surface area contributed by atoms with Gasteiger partial charge in [-0.05, 0) is 48.9 Å². The third-order valence-corrected chi connectivity index (χ3v) is 4.03. The number of ether oxygens (including phenoxy) is 1. The molecule has 0 aliphatic heterocycles. The fraction of sp³-hybridized carbons (Fsp3) is 0.0909. The first kappa shape index (κ1) is 18.0. The van der Waals surface area contributed by atoms with Crippen LogP contribution in [0.4, 0.5) is 5.69 Å². The number of nitriles is 1. The van der Waals surface area contributed by atoms with Gasteiger partial charge >= 0.3 is 0 Å². The molecule has 0 aliphatic rings. The number of phenols is 1. The lowest BCUT2D eigenvalue weighted by atomic mass is 10.1. The molecule has 0 aliphatic carbocycles. The molecular weight excluding hydrogens is 340 g/mol. The minimum atomic E-state index is -0.350. The van der Waals surface area contributed by atoms with Crippen molar-refractivity contribution in [1.29, 1.82) is 5.26 Å². The lowest BCUT2D eigenvalue weighted by molar-refractivity contribution is 0.102. The van der Waals surface area contributed by atoms with E-state index in [4.69, 9.17) is 10.00 Å². The first-order valence-electron chi connectivity index (χ1n) is 8.38. The molecule has 0 fully saturated rings. The monoisotopic (exact) mass is 358 g/mol. The standard InChI is InChI=1S/C22H18N2O3/c1-15-9-10-20(21(25)11-15)24-22(26)16-7-4-8-19(12-16)27-14-18-6-3-2-5-17(18)13-23/h2-12,25H,14H2,1H3,(H,24,26). The van der Waals surface area contributed by atoms with Gasteiger partial charge in [0, 0.05) is 11.1 Å². The summed E-state index contributed by atoms with van der Waals surface area (Å²) < 4.78 is 5.73. The number of aryl methyl sites for hydroxylation is 1. The van der Waals surface area contributed by atoms with Crippen LogP contribution in [0.2, 0.25) is 0 Å². The van der Waals surface area contributed by atoms with Crippen LogP contribution >= 0.6 is 0 Å². The maximum atomic E-state index is 12.5. The normalized spacial score (nSPS) is 10.1. The maximum Gasteiger partial charge on any atom is 0.255 e. The number of anilines is 1. The third kappa shape index (κ3) is 4.44. The van der Waals surface area contributed by atoms with E-state index >= 15 is 0 Å². The predicted octanol–water partition coefficient (Wildman–Crippen LogP) is 4.40. The Morgan fingerprint density at radius 1 is 1.11 bits per heavy atom. The second-order valence-corrected chi connectivity index (χ2v) is 6.06. The second-order valence-electron chi connectivity index (χ2n) is 6.06. The Morgan fingerprint density at radius 3 is 2.70 bits per heavy atom. The minimum Gasteiger partial charge on any atom is -0.506 e. The van der Waals surface area contributed by atoms with E-state index in [0.717, 1.165) is 11.1 Å². The molecule has 3 aromatic rings. The Balaban J connectivity index is 1.71. The summed E-state index contributed by atoms with van der Waals surface area (Å²) >= 11 is 0. The van der Waals surface area contributed by atoms with Crippen LogP contribution in [0.15, 0.2) is 66.7 Å². The number of phenolic OH excluding ortho intramolecular Hbond substituents is 1. The average Bonchev–Trinajstić information content (AvgIpc) is 2.69. The van der Waals surface area contributed by atoms with Crippen molar-refractivity contribution in [3.63, 3.8) is 0 Å². The van der Waals surface area contributed by atoms with Crippen molar-refractivity contribution < 1.29 is 14.6 Å². The topological polar surface area (TPSA) is 82.3 Å². The van der Waals surface area contributed by atoms with Gasteiger partial charge in [-0.15, -0.1) is 0 Å². The molecule has 5 heteroatoms. The number of hydrogen-bond acceptors (Lipinski definition) is 4. The van der Waals surface area contributed by atoms with Crippen LogP contribution in [0.3, 0.4) is 0 Å². The van der Waals surface area contributed by atoms with Crippen molar-refractivity contribution >= 4 is 11.6 Å². The largest absolute Gasteiger partial charge is 0.506 e. The highest BCUT2D eigenvalue weighted by Gasteiger charge is 2.10. The predicted molar refractivity (Wildman–Crippen MR) is 103 cm³/mol. The summed E-state index contributed by atoms with van der Waals surface area (Å²) in [6.45, 7) is 2.09. The minimum absolute atomic E-state index is 0.0175. The molecule has 3 rings (SSSR count). The van der Waals surface area contributed by atoms with Crippen LogP contribution in [-0.4, -0.2) is 11.0 Å². The van der Waals surface area contributed by atoms with E-state index < -0.39 is 0 Å². The molecule has 0 aromatic heterocycles. The first-order valence-corrected chi connectivity index (χ1v) is 8.38. The molecule has 0 atom stereocenters. The summed E-state index contributed by atoms with van der Waals surface area (Å²) in [6, 6.07) is 21.1. The van der Waals surface area contributed by atoms with Gasteiger partial charge < -0.3 is 15.2 Å². The van der Waals surface area contributed by atoms with E-state index in [1.165, 1.54) is 0 Å². The Labute approximate surface area is 157 Å². The van der Waals surface area contributed by atoms with E-state index in [1.807, 2.05) is 25.1 Å². The summed E-state index contributed by atoms with van der Waals surface area (Å²) in [5.74, 6) is 0.185. The molecule has 5 nitrogen and oxygen atoms in total. The van der Waals surface area contributed by atoms with Crippen molar-refractivity contribution in [2.24, 2.45) is 0 Å². The van der Waals surface area contributed by atoms with Gasteiger partial charge in [-0.3, -0.25) is 4.79 Å². The smallest absolute Gasteiger partial charge is 0.255 e. The summed E-state index contributed by atoms with van der Waals surface area (Å²) in [5, 5.41) is 21.8. The third-order valence-electron chi connectivity index (χ3n) is 4.03. The van der Waals surface area contributed by atoms with Gasteiger partial charge in [-0.25, -0.2) is 0 Å². The molecule has 0 spiro atoms. The van der Waals surface area contributed by atoms with Gasteiger partial charge in [0.2, 0.25) is 0 Å². The SMILES string of the molecule is Cc1ccc(NC(=O)c2cccc(OCc3ccccc3C#N)c2)c(O)c1. The maximum absolute atomic E-state index is 12.5. The van der Waals surface area contributed by atoms with Gasteiger partial charge in [0.05, 0.1) is 17.3 Å². The highest BCUT2D eigenvalue weighted by Crippen LogP contribution is 2.25. The molecule has 27 heavy (non-hydrogen) atoms. The van der Waals surface area contributed by atoms with E-state index in [1.54, 1.807) is 48.5 Å². The van der Waals surface area contributed by atoms with Crippen molar-refractivity contribution in [2.45, 2.75) is 13.5 Å². The highest BCUT2D eigenvalue weighted by molar-refractivity contribution is 6.05. The zero-order valence-electron chi connectivity index (χ0n) is 14.8. The molecule has 0 unspecified atom stereocenters. The lowest BCUT2D eigenvalue weighted by Gasteiger charge is -2.10. The number of nitrogens with zero attached hydrogens (tertiary/aromatic N) is 1. The molecule has 0 radical (unpaired) electrons. The van der Waals surface area contributed by atoms with Crippen LogP contribution in [0.5, 0.6) is 11.5 Å². The first-order chi connectivity index (χ1) is 13.1. The fourth-order valence-electron chi connectivity index (χ4n) is 2.59. The quantitative estimate of drug-likeness (QED) is 0.662. The highest BCUT2D eigenvalue weighted by atomic mass is 16.5. The van der Waals surface area contributed by atoms with Gasteiger partial charge in [-0.1, -0.05) is 30.3 Å². The number of hydrogen-bond donors (Lipinski definition) is 2. The summed E-state index contributed by atoms with van der Waals surface area (Å²) in [4.78, 5) is 12.5. The van der Waals surface area contributed by atoms with Crippen molar-refractivity contribution in [2.75, 3.05) is 5.32 Å². The van der Waals surface area contributed by atoms with Gasteiger partial charge in [0.15, 0.2) is 0 Å². The zero-order chi connectivity index (χ0) is 19.2. The molecule has 2 N–H and O–H groups in total. The molecule has 3 aromatic carbocycles. The van der Waals surface area contributed by atoms with E-state index in [-0.39, 0.29) is 18.3 Å². The fourth-order valence-corrected chi connectivity index (χ4v) is 2.59. The summed E-state index contributed by atoms with van der Waals surface area (Å²) in [6.07, 6.45) is 0. The van der Waals surface area contributed by atoms with Crippen molar-refractivity contribution in [3.8, 4) is 17.6 Å². The van der Waals surface area contributed by atoms with Crippen LogP contribution < -0.4 is 10.1 Å². The van der Waals surface area contributed by atoms with Crippen LogP contribution in [-0.2, 0) is 6.61 Å². The number of carbonyl (C=O) groups excluding carboxylic acids is 1. The van der Waals surface area contributed by atoms with Crippen molar-refractivity contribution in [3.05, 3.63) is 89.0 Å². The Morgan fingerprint density at radius 2 is 1.93 bits per heavy atom. The Hall–Kier alpha value is -3.78. The molecule has 0 saturated carbocycles. The molecular formula is C22H18N2O3. The van der Waals surface area contributed by atoms with E-state index in [0.29, 0.717) is 22.6 Å². The summed E-state index contributed by atoms with van der Waals surface area (Å²) in [5.41, 5.74) is 2.99. The van der Waals surface area contributed by atoms with Crippen LogP contribution in [0, 0.1) is 18.3 Å². The van der Waals surface area contributed by atoms with E-state index in [2.05, 4.69) is 11.4 Å². The van der Waals surface area contributed by atoms with Crippen molar-refractivity contribution in [1.82, 2.24) is 0 Å². The molecule has 0 heterocycles. The average molecular weight is 358 g/mol. The number of nitrogens with one attached hydrogen (secondary N) is 1. The number of amides is 1. The van der Waals surface area contributed by atoms with Gasteiger partial charge in [0.1, 0.15) is 18.1 Å². The Bertz CT molecular complexity index is 1020. The van der Waals surface area contributed by atoms with Crippen LogP contribution in [0.25, 0.3) is 0 Å². The molecule has 0 bridgehead atoms. The molecule has 1 amide bonds. The molecule has 134 valence electrons. The second kappa shape index (κ2) is 8.07. The lowest BCUT2D eigenvalue weighted by Crippen LogP contribution is -2.12. The van der Waals surface area contributed by atoms with E-state index in [9.17, 15) is 9.90 Å². The number of benzene rings is 3.